The van der Waals surface area contributed by atoms with Gasteiger partial charge in [0, 0.05) is 0 Å². The van der Waals surface area contributed by atoms with E-state index in [0.29, 0.717) is 0 Å². The first kappa shape index (κ1) is 20.3. The molecule has 24 heavy (non-hydrogen) atoms. The maximum atomic E-state index is 11.4. The molecule has 0 unspecified atom stereocenters. The molecule has 0 rings (SSSR count). The number of carbonyl (C=O) groups is 2. The zero-order chi connectivity index (χ0) is 19.1. The number of hydrazine groups is 1. The second-order valence-electron chi connectivity index (χ2n) is 3.70. The predicted octanol–water partition coefficient (Wildman–Crippen LogP) is -1.34. The lowest BCUT2D eigenvalue weighted by Crippen LogP contribution is -2.57. The number of esters is 1. The van der Waals surface area contributed by atoms with Crippen LogP contribution < -0.4 is 0 Å². The van der Waals surface area contributed by atoms with Crippen LogP contribution in [0.2, 0.25) is 0 Å². The van der Waals surface area contributed by atoms with Crippen molar-refractivity contribution < 1.29 is 38.9 Å². The van der Waals surface area contributed by atoms with Crippen molar-refractivity contribution in [2.45, 2.75) is 12.7 Å². The van der Waals surface area contributed by atoms with E-state index in [1.165, 1.54) is 6.92 Å². The topological polar surface area (TPSA) is 228 Å². The van der Waals surface area contributed by atoms with Crippen molar-refractivity contribution in [2.24, 2.45) is 0 Å². The van der Waals surface area contributed by atoms with E-state index in [4.69, 9.17) is 0 Å². The molecule has 0 saturated carbocycles. The molecule has 0 bridgehead atoms. The van der Waals surface area contributed by atoms with E-state index in [9.17, 15) is 50.0 Å². The van der Waals surface area contributed by atoms with Crippen LogP contribution in [0.25, 0.3) is 0 Å². The third-order valence-corrected chi connectivity index (χ3v) is 2.26. The van der Waals surface area contributed by atoms with Crippen LogP contribution in [0.15, 0.2) is 0 Å². The van der Waals surface area contributed by atoms with Gasteiger partial charge >= 0.3 is 24.5 Å². The fourth-order valence-electron chi connectivity index (χ4n) is 1.11. The van der Waals surface area contributed by atoms with Crippen molar-refractivity contribution in [1.82, 2.24) is 5.01 Å². The lowest BCUT2D eigenvalue weighted by Gasteiger charge is -2.13. The molecule has 0 aliphatic carbocycles. The highest BCUT2D eigenvalue weighted by Gasteiger charge is 2.72. The number of hydrogen-bond acceptors (Lipinski definition) is 12. The van der Waals surface area contributed by atoms with E-state index in [1.54, 1.807) is 0 Å². The molecule has 0 aromatic heterocycles. The van der Waals surface area contributed by atoms with Gasteiger partial charge in [-0.05, 0) is 11.9 Å². The molecule has 0 saturated heterocycles. The van der Waals surface area contributed by atoms with Crippen LogP contribution in [0.3, 0.4) is 0 Å². The molecule has 1 amide bonds. The quantitative estimate of drug-likeness (QED) is 0.202. The lowest BCUT2D eigenvalue weighted by molar-refractivity contribution is -0.970. The first-order valence-corrected chi connectivity index (χ1v) is 5.68. The molecule has 0 aromatic carbocycles. The maximum Gasteiger partial charge on any atom is 0.734 e. The van der Waals surface area contributed by atoms with Gasteiger partial charge in [0.15, 0.2) is 26.3 Å². The van der Waals surface area contributed by atoms with E-state index < -0.39 is 55.8 Å². The Morgan fingerprint density at radius 1 is 0.958 bits per heavy atom. The zero-order valence-electron chi connectivity index (χ0n) is 11.8. The third kappa shape index (κ3) is 4.42. The Labute approximate surface area is 130 Å². The molecular formula is C7H9N5O12. The number of nitrogens with zero attached hydrogens (tertiary/aromatic N) is 5. The van der Waals surface area contributed by atoms with Gasteiger partial charge in [0.2, 0.25) is 0 Å². The molecule has 17 heteroatoms. The van der Waals surface area contributed by atoms with Gasteiger partial charge in [0.05, 0.1) is 6.61 Å². The summed E-state index contributed by atoms with van der Waals surface area (Å²) in [6, 6.07) is 0. The Morgan fingerprint density at radius 3 is 1.75 bits per heavy atom. The molecule has 17 nitrogen and oxygen atoms in total. The summed E-state index contributed by atoms with van der Waals surface area (Å²) in [5.74, 6) is -5.41. The predicted molar refractivity (Wildman–Crippen MR) is 65.4 cm³/mol. The molecule has 0 aliphatic rings. The molecule has 0 radical (unpaired) electrons. The van der Waals surface area contributed by atoms with Gasteiger partial charge in [-0.3, -0.25) is 30.3 Å². The minimum atomic E-state index is -4.15. The van der Waals surface area contributed by atoms with E-state index >= 15 is 0 Å². The smallest absolute Gasteiger partial charge is 0.464 e. The average molecular weight is 355 g/mol. The number of rotatable bonds is 9. The van der Waals surface area contributed by atoms with Gasteiger partial charge < -0.3 is 9.47 Å². The number of amides is 1. The Morgan fingerprint density at radius 2 is 1.42 bits per heavy atom. The molecule has 0 fully saturated rings. The Balaban J connectivity index is 5.26. The number of carbonyl (C=O) groups excluding carboxylic acids is 2. The van der Waals surface area contributed by atoms with Crippen LogP contribution in [-0.4, -0.2) is 62.4 Å². The maximum absolute atomic E-state index is 11.4. The fourth-order valence-corrected chi connectivity index (χ4v) is 1.11. The van der Waals surface area contributed by atoms with Gasteiger partial charge in [-0.2, -0.15) is 0 Å². The van der Waals surface area contributed by atoms with Crippen molar-refractivity contribution in [3.05, 3.63) is 40.5 Å². The van der Waals surface area contributed by atoms with Gasteiger partial charge in [-0.15, -0.1) is 0 Å². The fraction of sp³-hybridized carbons (Fsp3) is 0.714. The number of nitro groups is 4. The van der Waals surface area contributed by atoms with Gasteiger partial charge in [-0.1, -0.05) is 0 Å². The third-order valence-electron chi connectivity index (χ3n) is 2.26. The molecular weight excluding hydrogens is 346 g/mol. The highest BCUT2D eigenvalue weighted by atomic mass is 16.7. The zero-order valence-corrected chi connectivity index (χ0v) is 11.8. The van der Waals surface area contributed by atoms with Crippen LogP contribution in [0.1, 0.15) is 6.92 Å². The molecule has 0 atom stereocenters. The Bertz CT molecular complexity index is 538. The monoisotopic (exact) mass is 355 g/mol. The Hall–Kier alpha value is -3.66. The largest absolute Gasteiger partial charge is 0.734 e. The van der Waals surface area contributed by atoms with Crippen LogP contribution in [0.4, 0.5) is 4.79 Å². The average Bonchev–Trinajstić information content (AvgIpc) is 2.43. The summed E-state index contributed by atoms with van der Waals surface area (Å²) in [5.41, 5.74) is 0. The van der Waals surface area contributed by atoms with Crippen molar-refractivity contribution in [1.29, 1.82) is 0 Å². The van der Waals surface area contributed by atoms with Gasteiger partial charge in [-0.25, -0.2) is 19.7 Å². The Kier molecular flexibility index (Phi) is 6.86. The standard InChI is InChI=1S/C7H9N5O12/c1-2-23-5(13)3-8(12(21)22)6(14)24-4-7(9(15)16,10(17)18)11(19)20/h2-4H2,1H3. The van der Waals surface area contributed by atoms with Crippen LogP contribution in [0, 0.1) is 40.5 Å². The summed E-state index contributed by atoms with van der Waals surface area (Å²) in [6.45, 7) is -2.17. The molecule has 0 aromatic rings. The summed E-state index contributed by atoms with van der Waals surface area (Å²) in [6.07, 6.45) is -2.07. The first-order chi connectivity index (χ1) is 11.0. The molecule has 0 aliphatic heterocycles. The van der Waals surface area contributed by atoms with E-state index in [1.807, 2.05) is 0 Å². The van der Waals surface area contributed by atoms with E-state index in [2.05, 4.69) is 9.47 Å². The lowest BCUT2D eigenvalue weighted by atomic mass is 10.4. The first-order valence-electron chi connectivity index (χ1n) is 5.68. The van der Waals surface area contributed by atoms with Gasteiger partial charge in [0.25, 0.3) is 0 Å². The summed E-state index contributed by atoms with van der Waals surface area (Å²) in [5, 5.41) is 40.4. The SMILES string of the molecule is CCOC(=O)CN(C(=O)OCC([N+](=O)[O-])([N+](=O)[O-])[N+](=O)[O-])[N+](=O)[O-]. The van der Waals surface area contributed by atoms with Gasteiger partial charge in [0.1, 0.15) is 0 Å². The second-order valence-corrected chi connectivity index (χ2v) is 3.70. The molecule has 134 valence electrons. The summed E-state index contributed by atoms with van der Waals surface area (Å²) >= 11 is 0. The molecule has 0 spiro atoms. The van der Waals surface area contributed by atoms with Crippen molar-refractivity contribution in [2.75, 3.05) is 19.8 Å². The normalized spacial score (nSPS) is 10.4. The summed E-state index contributed by atoms with van der Waals surface area (Å²) < 4.78 is 8.22. The van der Waals surface area contributed by atoms with Crippen LogP contribution in [-0.2, 0) is 14.3 Å². The van der Waals surface area contributed by atoms with Crippen molar-refractivity contribution in [3.63, 3.8) is 0 Å². The minimum Gasteiger partial charge on any atom is -0.464 e. The van der Waals surface area contributed by atoms with Crippen molar-refractivity contribution >= 4 is 12.1 Å². The minimum absolute atomic E-state index is 0.188. The summed E-state index contributed by atoms with van der Waals surface area (Å²) in [7, 11) is 0. The molecule has 0 heterocycles. The number of hydrogen-bond donors (Lipinski definition) is 0. The van der Waals surface area contributed by atoms with Crippen molar-refractivity contribution in [3.8, 4) is 0 Å². The highest BCUT2D eigenvalue weighted by Crippen LogP contribution is 2.14. The van der Waals surface area contributed by atoms with E-state index in [0.717, 1.165) is 0 Å². The number of ether oxygens (including phenoxy) is 2. The van der Waals surface area contributed by atoms with Crippen LogP contribution in [0.5, 0.6) is 0 Å². The highest BCUT2D eigenvalue weighted by molar-refractivity contribution is 5.77. The molecule has 0 N–H and O–H groups in total. The summed E-state index contributed by atoms with van der Waals surface area (Å²) in [4.78, 5) is 59.1. The van der Waals surface area contributed by atoms with E-state index in [-0.39, 0.29) is 6.61 Å². The van der Waals surface area contributed by atoms with Crippen LogP contribution >= 0.6 is 0 Å². The second kappa shape index (κ2) is 8.10.